The number of nitrogens with zero attached hydrogens (tertiary/aromatic N) is 2. The molecule has 3 heteroatoms. The first-order valence-corrected chi connectivity index (χ1v) is 19.6. The summed E-state index contributed by atoms with van der Waals surface area (Å²) in [7, 11) is 0. The molecule has 9 aromatic carbocycles. The molecule has 58 heavy (non-hydrogen) atoms. The van der Waals surface area contributed by atoms with Crippen LogP contribution >= 0.6 is 0 Å². The Morgan fingerprint density at radius 2 is 0.776 bits per heavy atom. The van der Waals surface area contributed by atoms with E-state index in [1.165, 1.54) is 82.2 Å². The van der Waals surface area contributed by atoms with Crippen molar-refractivity contribution in [1.82, 2.24) is 9.38 Å². The van der Waals surface area contributed by atoms with Crippen LogP contribution in [0.4, 0.5) is 0 Å². The predicted octanol–water partition coefficient (Wildman–Crippen LogP) is 14.5. The Kier molecular flexibility index (Phi) is 10.9. The topological polar surface area (TPSA) is 34.4 Å². The van der Waals surface area contributed by atoms with Crippen LogP contribution in [0, 0.1) is 20.8 Å². The van der Waals surface area contributed by atoms with Gasteiger partial charge < -0.3 is 4.79 Å². The molecule has 0 N–H and O–H groups in total. The number of hydrogen-bond acceptors (Lipinski definition) is 2. The maximum Gasteiger partial charge on any atom is 0.146 e. The summed E-state index contributed by atoms with van der Waals surface area (Å²) in [4.78, 5) is 13.1. The van der Waals surface area contributed by atoms with Gasteiger partial charge in [-0.15, -0.1) is 0 Å². The highest BCUT2D eigenvalue weighted by molar-refractivity contribution is 6.22. The fourth-order valence-electron chi connectivity index (χ4n) is 8.00. The van der Waals surface area contributed by atoms with Gasteiger partial charge in [0.15, 0.2) is 0 Å². The van der Waals surface area contributed by atoms with Gasteiger partial charge in [0.1, 0.15) is 12.4 Å². The molecule has 2 aromatic heterocycles. The van der Waals surface area contributed by atoms with Gasteiger partial charge in [-0.3, -0.25) is 4.40 Å². The number of pyridine rings is 1. The number of fused-ring (bicyclic) bond motifs is 10. The van der Waals surface area contributed by atoms with Gasteiger partial charge in [0, 0.05) is 10.8 Å². The van der Waals surface area contributed by atoms with Crippen LogP contribution in [-0.2, 0) is 4.79 Å². The second-order valence-electron chi connectivity index (χ2n) is 14.6. The number of aromatic nitrogens is 2. The Morgan fingerprint density at radius 3 is 1.29 bits per heavy atom. The van der Waals surface area contributed by atoms with Crippen LogP contribution in [0.15, 0.2) is 200 Å². The SMILES string of the molecule is C=O.Cc1ccc(-c2c3ccccc3c(-c3ccc4c5ccccc5c5nc6ccccc6n5c4c3)c3ccccc23)cc1.Cc1ccccc1.Cc1ccccc1. The van der Waals surface area contributed by atoms with Crippen molar-refractivity contribution in [2.75, 3.05) is 0 Å². The third-order valence-electron chi connectivity index (χ3n) is 10.7. The van der Waals surface area contributed by atoms with Crippen molar-refractivity contribution in [3.63, 3.8) is 0 Å². The number of para-hydroxylation sites is 2. The molecule has 0 radical (unpaired) electrons. The van der Waals surface area contributed by atoms with Gasteiger partial charge in [0.25, 0.3) is 0 Å². The zero-order valence-corrected chi connectivity index (χ0v) is 33.1. The number of imidazole rings is 1. The summed E-state index contributed by atoms with van der Waals surface area (Å²) in [6.45, 7) is 8.31. The van der Waals surface area contributed by atoms with Gasteiger partial charge in [-0.1, -0.05) is 199 Å². The number of benzene rings is 9. The van der Waals surface area contributed by atoms with E-state index in [-0.39, 0.29) is 0 Å². The van der Waals surface area contributed by atoms with Crippen molar-refractivity contribution >= 4 is 66.7 Å². The molecule has 0 fully saturated rings. The average molecular weight is 749 g/mol. The van der Waals surface area contributed by atoms with Crippen molar-refractivity contribution in [2.24, 2.45) is 0 Å². The van der Waals surface area contributed by atoms with E-state index in [0.717, 1.165) is 16.7 Å². The van der Waals surface area contributed by atoms with Crippen molar-refractivity contribution < 1.29 is 4.79 Å². The third-order valence-corrected chi connectivity index (χ3v) is 10.7. The summed E-state index contributed by atoms with van der Waals surface area (Å²) in [6.07, 6.45) is 0. The minimum atomic E-state index is 1.00. The molecule has 0 saturated carbocycles. The maximum atomic E-state index is 8.00. The van der Waals surface area contributed by atoms with Gasteiger partial charge in [0.2, 0.25) is 0 Å². The molecular weight excluding hydrogens is 705 g/mol. The van der Waals surface area contributed by atoms with Crippen LogP contribution in [0.3, 0.4) is 0 Å². The van der Waals surface area contributed by atoms with Crippen molar-refractivity contribution in [2.45, 2.75) is 20.8 Å². The minimum Gasteiger partial charge on any atom is -0.307 e. The Bertz CT molecular complexity index is 3070. The molecule has 0 bridgehead atoms. The van der Waals surface area contributed by atoms with E-state index in [0.29, 0.717) is 0 Å². The molecule has 0 aliphatic heterocycles. The maximum absolute atomic E-state index is 8.00. The number of rotatable bonds is 2. The summed E-state index contributed by atoms with van der Waals surface area (Å²) < 4.78 is 2.35. The molecule has 280 valence electrons. The smallest absolute Gasteiger partial charge is 0.146 e. The number of carbonyl (C=O) groups is 1. The molecule has 3 nitrogen and oxygen atoms in total. The first-order chi connectivity index (χ1) is 28.5. The number of aryl methyl sites for hydroxylation is 3. The zero-order chi connectivity index (χ0) is 40.0. The Hall–Kier alpha value is -7.36. The molecular formula is C55H44N2O. The molecule has 0 atom stereocenters. The molecule has 0 amide bonds. The van der Waals surface area contributed by atoms with Gasteiger partial charge in [-0.2, -0.15) is 0 Å². The second kappa shape index (κ2) is 16.8. The van der Waals surface area contributed by atoms with E-state index in [4.69, 9.17) is 9.78 Å². The lowest BCUT2D eigenvalue weighted by Gasteiger charge is -2.18. The fraction of sp³-hybridized carbons (Fsp3) is 0.0545. The summed E-state index contributed by atoms with van der Waals surface area (Å²) in [6, 6.07) is 71.3. The summed E-state index contributed by atoms with van der Waals surface area (Å²) in [5.74, 6) is 0. The normalized spacial score (nSPS) is 10.8. The number of carbonyl (C=O) groups excluding carboxylic acids is 1. The Balaban J connectivity index is 0.000000247. The molecule has 0 aliphatic rings. The largest absolute Gasteiger partial charge is 0.307 e. The van der Waals surface area contributed by atoms with Crippen molar-refractivity contribution in [3.05, 3.63) is 217 Å². The summed E-state index contributed by atoms with van der Waals surface area (Å²) in [5.41, 5.74) is 13.2. The standard InChI is InChI=1S/C40H26N2.2C7H8.CH2O/c1-25-18-20-26(21-19-25)38-30-11-3-5-13-32(30)39(33-14-6-4-12-31(33)38)27-22-23-29-28-10-2-7-15-34(28)40-41-35-16-8-9-17-36(35)42(40)37(29)24-27;2*1-7-5-3-2-4-6-7;1-2/h2-24H,1H3;2*2-6H,1H3;1H2. The summed E-state index contributed by atoms with van der Waals surface area (Å²) >= 11 is 0. The molecule has 0 saturated heterocycles. The molecule has 2 heterocycles. The van der Waals surface area contributed by atoms with Gasteiger partial charge >= 0.3 is 0 Å². The van der Waals surface area contributed by atoms with E-state index in [9.17, 15) is 0 Å². The highest BCUT2D eigenvalue weighted by atomic mass is 16.1. The Labute approximate surface area is 339 Å². The van der Waals surface area contributed by atoms with Crippen molar-refractivity contribution in [1.29, 1.82) is 0 Å². The second-order valence-corrected chi connectivity index (χ2v) is 14.6. The van der Waals surface area contributed by atoms with E-state index >= 15 is 0 Å². The van der Waals surface area contributed by atoms with E-state index in [1.807, 2.05) is 43.2 Å². The van der Waals surface area contributed by atoms with Crippen molar-refractivity contribution in [3.8, 4) is 22.3 Å². The Morgan fingerprint density at radius 1 is 0.362 bits per heavy atom. The molecule has 11 aromatic rings. The zero-order valence-electron chi connectivity index (χ0n) is 33.1. The lowest BCUT2D eigenvalue weighted by atomic mass is 9.85. The number of hydrogen-bond donors (Lipinski definition) is 0. The monoisotopic (exact) mass is 748 g/mol. The average Bonchev–Trinajstić information content (AvgIpc) is 3.68. The van der Waals surface area contributed by atoms with Crippen LogP contribution in [0.5, 0.6) is 0 Å². The summed E-state index contributed by atoms with van der Waals surface area (Å²) in [5, 5.41) is 8.70. The van der Waals surface area contributed by atoms with Crippen LogP contribution < -0.4 is 0 Å². The first kappa shape index (κ1) is 37.6. The molecule has 0 spiro atoms. The fourth-order valence-corrected chi connectivity index (χ4v) is 8.00. The van der Waals surface area contributed by atoms with Gasteiger partial charge in [-0.05, 0) is 88.2 Å². The van der Waals surface area contributed by atoms with Crippen LogP contribution in [-0.4, -0.2) is 16.2 Å². The van der Waals surface area contributed by atoms with E-state index in [2.05, 4.69) is 189 Å². The van der Waals surface area contributed by atoms with Crippen LogP contribution in [0.1, 0.15) is 16.7 Å². The molecule has 0 aliphatic carbocycles. The molecule has 11 rings (SSSR count). The van der Waals surface area contributed by atoms with Crippen LogP contribution in [0.25, 0.3) is 82.2 Å². The van der Waals surface area contributed by atoms with Crippen LogP contribution in [0.2, 0.25) is 0 Å². The van der Waals surface area contributed by atoms with E-state index < -0.39 is 0 Å². The quantitative estimate of drug-likeness (QED) is 0.130. The lowest BCUT2D eigenvalue weighted by Crippen LogP contribution is -1.94. The third kappa shape index (κ3) is 7.22. The highest BCUT2D eigenvalue weighted by Crippen LogP contribution is 2.44. The first-order valence-electron chi connectivity index (χ1n) is 19.6. The predicted molar refractivity (Wildman–Crippen MR) is 248 cm³/mol. The van der Waals surface area contributed by atoms with Gasteiger partial charge in [-0.25, -0.2) is 4.98 Å². The molecule has 0 unspecified atom stereocenters. The minimum absolute atomic E-state index is 1.00. The highest BCUT2D eigenvalue weighted by Gasteiger charge is 2.19. The van der Waals surface area contributed by atoms with Gasteiger partial charge in [0.05, 0.1) is 16.6 Å². The lowest BCUT2D eigenvalue weighted by molar-refractivity contribution is -0.0980. The van der Waals surface area contributed by atoms with E-state index in [1.54, 1.807) is 0 Å².